The maximum Gasteiger partial charge on any atom is 0.257 e. The molecule has 2 aromatic carbocycles. The molecule has 0 heterocycles. The standard InChI is InChI=1S/C17H17ClN4O2S/c18-13-7-4-8-14(10-13)20-17(25)22-21-16(24)11-19-15(23)9-12-5-2-1-3-6-12/h1-8,10H,9,11H2,(H,19,23)(H,21,24)(H2,20,22,25). The van der Waals surface area contributed by atoms with Gasteiger partial charge in [0.25, 0.3) is 5.91 Å². The number of amides is 2. The molecule has 0 saturated heterocycles. The predicted molar refractivity (Wildman–Crippen MR) is 102 cm³/mol. The van der Waals surface area contributed by atoms with Crippen LogP contribution in [0.2, 0.25) is 5.02 Å². The van der Waals surface area contributed by atoms with Crippen LogP contribution in [0.25, 0.3) is 0 Å². The van der Waals surface area contributed by atoms with Gasteiger partial charge in [-0.05, 0) is 36.0 Å². The van der Waals surface area contributed by atoms with Crippen molar-refractivity contribution in [2.24, 2.45) is 0 Å². The lowest BCUT2D eigenvalue weighted by Gasteiger charge is -2.12. The summed E-state index contributed by atoms with van der Waals surface area (Å²) in [6.45, 7) is -0.154. The molecular weight excluding hydrogens is 360 g/mol. The van der Waals surface area contributed by atoms with Crippen LogP contribution in [0.4, 0.5) is 5.69 Å². The second-order valence-electron chi connectivity index (χ2n) is 5.08. The van der Waals surface area contributed by atoms with Crippen molar-refractivity contribution in [2.75, 3.05) is 11.9 Å². The summed E-state index contributed by atoms with van der Waals surface area (Å²) in [6.07, 6.45) is 0.219. The molecular formula is C17H17ClN4O2S. The maximum atomic E-state index is 11.8. The average Bonchev–Trinajstić information content (AvgIpc) is 2.59. The van der Waals surface area contributed by atoms with E-state index in [9.17, 15) is 9.59 Å². The fourth-order valence-electron chi connectivity index (χ4n) is 1.92. The molecule has 0 bridgehead atoms. The van der Waals surface area contributed by atoms with E-state index in [4.69, 9.17) is 23.8 Å². The van der Waals surface area contributed by atoms with Crippen molar-refractivity contribution in [2.45, 2.75) is 6.42 Å². The molecule has 2 rings (SSSR count). The Morgan fingerprint density at radius 1 is 0.960 bits per heavy atom. The van der Waals surface area contributed by atoms with Crippen molar-refractivity contribution >= 4 is 46.4 Å². The molecule has 25 heavy (non-hydrogen) atoms. The van der Waals surface area contributed by atoms with Crippen molar-refractivity contribution in [3.63, 3.8) is 0 Å². The summed E-state index contributed by atoms with van der Waals surface area (Å²) in [5.41, 5.74) is 6.52. The van der Waals surface area contributed by atoms with Gasteiger partial charge >= 0.3 is 0 Å². The minimum absolute atomic E-state index is 0.154. The normalized spacial score (nSPS) is 9.80. The van der Waals surface area contributed by atoms with E-state index in [0.29, 0.717) is 10.7 Å². The van der Waals surface area contributed by atoms with Gasteiger partial charge in [-0.25, -0.2) is 0 Å². The minimum atomic E-state index is -0.420. The van der Waals surface area contributed by atoms with Crippen LogP contribution in [-0.4, -0.2) is 23.5 Å². The molecule has 0 atom stereocenters. The average molecular weight is 377 g/mol. The van der Waals surface area contributed by atoms with E-state index < -0.39 is 5.91 Å². The molecule has 0 radical (unpaired) electrons. The molecule has 0 aromatic heterocycles. The van der Waals surface area contributed by atoms with E-state index in [1.807, 2.05) is 30.3 Å². The number of carbonyl (C=O) groups excluding carboxylic acids is 2. The molecule has 0 aliphatic heterocycles. The van der Waals surface area contributed by atoms with Gasteiger partial charge < -0.3 is 10.6 Å². The summed E-state index contributed by atoms with van der Waals surface area (Å²) in [5, 5.41) is 6.18. The van der Waals surface area contributed by atoms with Crippen LogP contribution in [0, 0.1) is 0 Å². The Balaban J connectivity index is 1.66. The highest BCUT2D eigenvalue weighted by molar-refractivity contribution is 7.80. The quantitative estimate of drug-likeness (QED) is 0.474. The Morgan fingerprint density at radius 3 is 2.44 bits per heavy atom. The van der Waals surface area contributed by atoms with Crippen molar-refractivity contribution in [1.29, 1.82) is 0 Å². The molecule has 0 aliphatic carbocycles. The van der Waals surface area contributed by atoms with Gasteiger partial charge in [0.1, 0.15) is 0 Å². The van der Waals surface area contributed by atoms with Crippen molar-refractivity contribution in [1.82, 2.24) is 16.2 Å². The molecule has 0 saturated carbocycles. The van der Waals surface area contributed by atoms with Gasteiger partial charge in [0.05, 0.1) is 13.0 Å². The molecule has 6 nitrogen and oxygen atoms in total. The number of hydrogen-bond donors (Lipinski definition) is 4. The van der Waals surface area contributed by atoms with Gasteiger partial charge in [-0.1, -0.05) is 48.0 Å². The smallest absolute Gasteiger partial charge is 0.257 e. The summed E-state index contributed by atoms with van der Waals surface area (Å²) >= 11 is 10.9. The number of nitrogens with one attached hydrogen (secondary N) is 4. The van der Waals surface area contributed by atoms with E-state index in [-0.39, 0.29) is 24.0 Å². The van der Waals surface area contributed by atoms with Crippen LogP contribution in [0.15, 0.2) is 54.6 Å². The van der Waals surface area contributed by atoms with Crippen LogP contribution >= 0.6 is 23.8 Å². The van der Waals surface area contributed by atoms with Gasteiger partial charge in [-0.3, -0.25) is 20.4 Å². The van der Waals surface area contributed by atoms with E-state index in [0.717, 1.165) is 5.56 Å². The maximum absolute atomic E-state index is 11.8. The summed E-state index contributed by atoms with van der Waals surface area (Å²) in [4.78, 5) is 23.5. The number of rotatable bonds is 5. The monoisotopic (exact) mass is 376 g/mol. The van der Waals surface area contributed by atoms with Gasteiger partial charge in [0.15, 0.2) is 5.11 Å². The summed E-state index contributed by atoms with van der Waals surface area (Å²) in [6, 6.07) is 16.3. The van der Waals surface area contributed by atoms with Gasteiger partial charge in [-0.15, -0.1) is 0 Å². The molecule has 0 spiro atoms. The molecule has 4 N–H and O–H groups in total. The SMILES string of the molecule is O=C(Cc1ccccc1)NCC(=O)NNC(=S)Nc1cccc(Cl)c1. The first-order valence-corrected chi connectivity index (χ1v) is 8.23. The summed E-state index contributed by atoms with van der Waals surface area (Å²) in [7, 11) is 0. The second-order valence-corrected chi connectivity index (χ2v) is 5.92. The van der Waals surface area contributed by atoms with Gasteiger partial charge in [-0.2, -0.15) is 0 Å². The van der Waals surface area contributed by atoms with Crippen molar-refractivity contribution < 1.29 is 9.59 Å². The fraction of sp³-hybridized carbons (Fsp3) is 0.118. The molecule has 130 valence electrons. The Morgan fingerprint density at radius 2 is 1.72 bits per heavy atom. The highest BCUT2D eigenvalue weighted by atomic mass is 35.5. The topological polar surface area (TPSA) is 82.3 Å². The summed E-state index contributed by atoms with van der Waals surface area (Å²) in [5.74, 6) is -0.655. The predicted octanol–water partition coefficient (Wildman–Crippen LogP) is 2.02. The van der Waals surface area contributed by atoms with Gasteiger partial charge in [0.2, 0.25) is 5.91 Å². The number of hydrazine groups is 1. The molecule has 2 aromatic rings. The van der Waals surface area contributed by atoms with Crippen LogP contribution < -0.4 is 21.5 Å². The van der Waals surface area contributed by atoms with Crippen molar-refractivity contribution in [3.05, 3.63) is 65.2 Å². The van der Waals surface area contributed by atoms with Crippen LogP contribution in [0.1, 0.15) is 5.56 Å². The zero-order chi connectivity index (χ0) is 18.1. The number of hydrogen-bond acceptors (Lipinski definition) is 3. The Kier molecular flexibility index (Phi) is 7.18. The first-order chi connectivity index (χ1) is 12.0. The Hall–Kier alpha value is -2.64. The first kappa shape index (κ1) is 18.7. The number of carbonyl (C=O) groups is 2. The molecule has 8 heteroatoms. The third-order valence-electron chi connectivity index (χ3n) is 3.05. The largest absolute Gasteiger partial charge is 0.347 e. The minimum Gasteiger partial charge on any atom is -0.347 e. The Labute approximate surface area is 155 Å². The van der Waals surface area contributed by atoms with Crippen molar-refractivity contribution in [3.8, 4) is 0 Å². The highest BCUT2D eigenvalue weighted by Gasteiger charge is 2.07. The van der Waals surface area contributed by atoms with Crippen LogP contribution in [-0.2, 0) is 16.0 Å². The molecule has 0 aliphatic rings. The lowest BCUT2D eigenvalue weighted by atomic mass is 10.1. The van der Waals surface area contributed by atoms with Gasteiger partial charge in [0, 0.05) is 10.7 Å². The third-order valence-corrected chi connectivity index (χ3v) is 3.49. The lowest BCUT2D eigenvalue weighted by molar-refractivity contribution is -0.126. The zero-order valence-corrected chi connectivity index (χ0v) is 14.8. The zero-order valence-electron chi connectivity index (χ0n) is 13.2. The number of benzene rings is 2. The summed E-state index contributed by atoms with van der Waals surface area (Å²) < 4.78 is 0. The van der Waals surface area contributed by atoms with E-state index in [1.165, 1.54) is 0 Å². The van der Waals surface area contributed by atoms with E-state index >= 15 is 0 Å². The highest BCUT2D eigenvalue weighted by Crippen LogP contribution is 2.14. The third kappa shape index (κ3) is 7.19. The number of anilines is 1. The Bertz CT molecular complexity index is 755. The molecule has 2 amide bonds. The number of thiocarbonyl (C=S) groups is 1. The van der Waals surface area contributed by atoms with E-state index in [1.54, 1.807) is 24.3 Å². The first-order valence-electron chi connectivity index (χ1n) is 7.45. The fourth-order valence-corrected chi connectivity index (χ4v) is 2.28. The number of halogens is 1. The van der Waals surface area contributed by atoms with Crippen LogP contribution in [0.5, 0.6) is 0 Å². The van der Waals surface area contributed by atoms with E-state index in [2.05, 4.69) is 21.5 Å². The lowest BCUT2D eigenvalue weighted by Crippen LogP contribution is -2.47. The molecule has 0 fully saturated rings. The second kappa shape index (κ2) is 9.61. The molecule has 0 unspecified atom stereocenters. The van der Waals surface area contributed by atoms with Crippen LogP contribution in [0.3, 0.4) is 0 Å².